The van der Waals surface area contributed by atoms with Crippen molar-refractivity contribution in [2.75, 3.05) is 7.05 Å². The van der Waals surface area contributed by atoms with Crippen LogP contribution >= 0.6 is 0 Å². The van der Waals surface area contributed by atoms with Crippen LogP contribution in [0.2, 0.25) is 0 Å². The molecule has 2 atom stereocenters. The van der Waals surface area contributed by atoms with Gasteiger partial charge in [0.2, 0.25) is 0 Å². The molecule has 1 N–H and O–H groups in total. The third-order valence-electron chi connectivity index (χ3n) is 3.61. The third kappa shape index (κ3) is 6.52. The lowest BCUT2D eigenvalue weighted by molar-refractivity contribution is 0.242. The zero-order valence-corrected chi connectivity index (χ0v) is 12.6. The van der Waals surface area contributed by atoms with Gasteiger partial charge in [-0.05, 0) is 37.1 Å². The summed E-state index contributed by atoms with van der Waals surface area (Å²) in [6.07, 6.45) is 5.24. The molecule has 0 heterocycles. The van der Waals surface area contributed by atoms with Crippen LogP contribution in [-0.4, -0.2) is 13.1 Å². The van der Waals surface area contributed by atoms with Crippen LogP contribution in [0.15, 0.2) is 0 Å². The predicted molar refractivity (Wildman–Crippen MR) is 74.8 cm³/mol. The molecule has 0 aromatic carbocycles. The van der Waals surface area contributed by atoms with E-state index in [1.54, 1.807) is 0 Å². The van der Waals surface area contributed by atoms with Crippen LogP contribution in [0.25, 0.3) is 0 Å². The molecule has 0 aliphatic rings. The summed E-state index contributed by atoms with van der Waals surface area (Å²) in [5, 5.41) is 3.52. The molecule has 98 valence electrons. The Hall–Kier alpha value is -0.0400. The van der Waals surface area contributed by atoms with Gasteiger partial charge in [0.05, 0.1) is 0 Å². The number of hydrogen-bond donors (Lipinski definition) is 1. The normalized spacial score (nSPS) is 16.5. The maximum Gasteiger partial charge on any atom is 0.00946 e. The second-order valence-corrected chi connectivity index (χ2v) is 6.58. The summed E-state index contributed by atoms with van der Waals surface area (Å²) < 4.78 is 0. The molecule has 0 rings (SSSR count). The molecule has 1 nitrogen and oxygen atoms in total. The molecule has 0 amide bonds. The summed E-state index contributed by atoms with van der Waals surface area (Å²) in [7, 11) is 2.12. The van der Waals surface area contributed by atoms with E-state index in [1.165, 1.54) is 25.7 Å². The van der Waals surface area contributed by atoms with Crippen molar-refractivity contribution in [1.29, 1.82) is 0 Å². The standard InChI is InChI=1S/C15H33N/c1-8-13(9-2)14(16-7)10-12(3)11-15(4,5)6/h12-14,16H,8-11H2,1-7H3. The van der Waals surface area contributed by atoms with Gasteiger partial charge in [0.1, 0.15) is 0 Å². The second-order valence-electron chi connectivity index (χ2n) is 6.58. The Balaban J connectivity index is 4.20. The SMILES string of the molecule is CCC(CC)C(CC(C)CC(C)(C)C)NC. The second kappa shape index (κ2) is 7.32. The third-order valence-corrected chi connectivity index (χ3v) is 3.61. The van der Waals surface area contributed by atoms with Gasteiger partial charge in [0.15, 0.2) is 0 Å². The van der Waals surface area contributed by atoms with Crippen LogP contribution in [0.1, 0.15) is 67.2 Å². The molecule has 16 heavy (non-hydrogen) atoms. The molecule has 2 unspecified atom stereocenters. The monoisotopic (exact) mass is 227 g/mol. The van der Waals surface area contributed by atoms with Crippen molar-refractivity contribution in [3.63, 3.8) is 0 Å². The van der Waals surface area contributed by atoms with E-state index in [0.717, 1.165) is 11.8 Å². The fourth-order valence-electron chi connectivity index (χ4n) is 2.97. The average Bonchev–Trinajstić information content (AvgIpc) is 2.15. The Kier molecular flexibility index (Phi) is 7.30. The van der Waals surface area contributed by atoms with Gasteiger partial charge < -0.3 is 5.32 Å². The molecular weight excluding hydrogens is 194 g/mol. The smallest absolute Gasteiger partial charge is 0.00946 e. The molecular formula is C15H33N. The topological polar surface area (TPSA) is 12.0 Å². The summed E-state index contributed by atoms with van der Waals surface area (Å²) in [5.41, 5.74) is 0.464. The first-order valence-electron chi connectivity index (χ1n) is 7.01. The van der Waals surface area contributed by atoms with Gasteiger partial charge in [-0.15, -0.1) is 0 Å². The quantitative estimate of drug-likeness (QED) is 0.676. The van der Waals surface area contributed by atoms with Gasteiger partial charge >= 0.3 is 0 Å². The highest BCUT2D eigenvalue weighted by atomic mass is 14.9. The van der Waals surface area contributed by atoms with Crippen molar-refractivity contribution in [1.82, 2.24) is 5.32 Å². The minimum absolute atomic E-state index is 0.464. The van der Waals surface area contributed by atoms with Gasteiger partial charge in [0, 0.05) is 6.04 Å². The van der Waals surface area contributed by atoms with E-state index >= 15 is 0 Å². The average molecular weight is 227 g/mol. The zero-order chi connectivity index (χ0) is 12.8. The molecule has 0 aliphatic heterocycles. The number of rotatable bonds is 7. The predicted octanol–water partition coefficient (Wildman–Crippen LogP) is 4.47. The van der Waals surface area contributed by atoms with Crippen molar-refractivity contribution >= 4 is 0 Å². The lowest BCUT2D eigenvalue weighted by Gasteiger charge is -2.30. The first-order valence-corrected chi connectivity index (χ1v) is 7.01. The summed E-state index contributed by atoms with van der Waals surface area (Å²) in [5.74, 6) is 1.66. The molecule has 0 aliphatic carbocycles. The first-order chi connectivity index (χ1) is 7.34. The van der Waals surface area contributed by atoms with Crippen molar-refractivity contribution in [2.24, 2.45) is 17.3 Å². The molecule has 0 bridgehead atoms. The molecule has 0 saturated heterocycles. The van der Waals surface area contributed by atoms with Gasteiger partial charge in [-0.1, -0.05) is 54.4 Å². The van der Waals surface area contributed by atoms with E-state index in [9.17, 15) is 0 Å². The maximum absolute atomic E-state index is 3.52. The maximum atomic E-state index is 3.52. The Morgan fingerprint density at radius 2 is 1.56 bits per heavy atom. The minimum atomic E-state index is 0.464. The van der Waals surface area contributed by atoms with E-state index in [-0.39, 0.29) is 0 Å². The molecule has 0 saturated carbocycles. The Labute approximate surface area is 103 Å². The number of nitrogens with one attached hydrogen (secondary N) is 1. The largest absolute Gasteiger partial charge is 0.317 e. The fourth-order valence-corrected chi connectivity index (χ4v) is 2.97. The van der Waals surface area contributed by atoms with Crippen molar-refractivity contribution in [2.45, 2.75) is 73.3 Å². The Morgan fingerprint density at radius 1 is 1.06 bits per heavy atom. The van der Waals surface area contributed by atoms with E-state index in [4.69, 9.17) is 0 Å². The van der Waals surface area contributed by atoms with E-state index < -0.39 is 0 Å². The van der Waals surface area contributed by atoms with Crippen molar-refractivity contribution < 1.29 is 0 Å². The highest BCUT2D eigenvalue weighted by Gasteiger charge is 2.22. The minimum Gasteiger partial charge on any atom is -0.317 e. The fraction of sp³-hybridized carbons (Fsp3) is 1.00. The van der Waals surface area contributed by atoms with Crippen LogP contribution in [0.5, 0.6) is 0 Å². The summed E-state index contributed by atoms with van der Waals surface area (Å²) >= 11 is 0. The highest BCUT2D eigenvalue weighted by molar-refractivity contribution is 4.77. The summed E-state index contributed by atoms with van der Waals surface area (Å²) in [6.45, 7) is 14.1. The molecule has 1 heteroatoms. The van der Waals surface area contributed by atoms with Crippen LogP contribution in [0.3, 0.4) is 0 Å². The molecule has 0 aromatic heterocycles. The lowest BCUT2D eigenvalue weighted by Crippen LogP contribution is -2.35. The van der Waals surface area contributed by atoms with E-state index in [1.807, 2.05) is 0 Å². The summed E-state index contributed by atoms with van der Waals surface area (Å²) in [6, 6.07) is 0.701. The van der Waals surface area contributed by atoms with Crippen molar-refractivity contribution in [3.05, 3.63) is 0 Å². The van der Waals surface area contributed by atoms with Crippen LogP contribution < -0.4 is 5.32 Å². The number of hydrogen-bond acceptors (Lipinski definition) is 1. The van der Waals surface area contributed by atoms with Gasteiger partial charge in [0.25, 0.3) is 0 Å². The molecule has 0 radical (unpaired) electrons. The van der Waals surface area contributed by atoms with E-state index in [0.29, 0.717) is 11.5 Å². The summed E-state index contributed by atoms with van der Waals surface area (Å²) in [4.78, 5) is 0. The van der Waals surface area contributed by atoms with E-state index in [2.05, 4.69) is 53.9 Å². The van der Waals surface area contributed by atoms with Gasteiger partial charge in [-0.2, -0.15) is 0 Å². The molecule has 0 fully saturated rings. The van der Waals surface area contributed by atoms with Gasteiger partial charge in [-0.3, -0.25) is 0 Å². The molecule has 0 spiro atoms. The first kappa shape index (κ1) is 16.0. The van der Waals surface area contributed by atoms with Crippen LogP contribution in [-0.2, 0) is 0 Å². The Morgan fingerprint density at radius 3 is 1.88 bits per heavy atom. The van der Waals surface area contributed by atoms with Crippen LogP contribution in [0.4, 0.5) is 0 Å². The highest BCUT2D eigenvalue weighted by Crippen LogP contribution is 2.28. The lowest BCUT2D eigenvalue weighted by atomic mass is 9.80. The molecule has 0 aromatic rings. The van der Waals surface area contributed by atoms with Gasteiger partial charge in [-0.25, -0.2) is 0 Å². The zero-order valence-electron chi connectivity index (χ0n) is 12.6. The Bertz CT molecular complexity index is 165. The van der Waals surface area contributed by atoms with Crippen LogP contribution in [0, 0.1) is 17.3 Å². The van der Waals surface area contributed by atoms with Crippen molar-refractivity contribution in [3.8, 4) is 0 Å².